The summed E-state index contributed by atoms with van der Waals surface area (Å²) in [5, 5.41) is 0. The first-order valence-electron chi connectivity index (χ1n) is 6.83. The van der Waals surface area contributed by atoms with Crippen LogP contribution in [0.2, 0.25) is 0 Å². The van der Waals surface area contributed by atoms with Gasteiger partial charge in [0.15, 0.2) is 0 Å². The van der Waals surface area contributed by atoms with E-state index in [9.17, 15) is 13.2 Å². The van der Waals surface area contributed by atoms with Crippen molar-refractivity contribution in [3.8, 4) is 0 Å². The molecule has 0 bridgehead atoms. The van der Waals surface area contributed by atoms with Gasteiger partial charge in [-0.15, -0.1) is 0 Å². The van der Waals surface area contributed by atoms with Gasteiger partial charge in [-0.2, -0.15) is 0 Å². The number of rotatable bonds is 3. The van der Waals surface area contributed by atoms with Gasteiger partial charge in [0.05, 0.1) is 4.90 Å². The molecule has 0 N–H and O–H groups in total. The Bertz CT molecular complexity index is 620. The Kier molecular flexibility index (Phi) is 4.65. The number of piperazine rings is 1. The van der Waals surface area contributed by atoms with E-state index >= 15 is 0 Å². The highest BCUT2D eigenvalue weighted by Gasteiger charge is 2.23. The molecule has 1 aromatic rings. The van der Waals surface area contributed by atoms with E-state index < -0.39 is 10.0 Å². The molecule has 1 aliphatic heterocycles. The number of hydrogen-bond donors (Lipinski definition) is 0. The van der Waals surface area contributed by atoms with Gasteiger partial charge in [-0.3, -0.25) is 4.79 Å². The van der Waals surface area contributed by atoms with Gasteiger partial charge in [0, 0.05) is 45.8 Å². The smallest absolute Gasteiger partial charge is 0.253 e. The van der Waals surface area contributed by atoms with Gasteiger partial charge in [-0.25, -0.2) is 12.7 Å². The number of nitrogens with zero attached hydrogens (tertiary/aromatic N) is 3. The van der Waals surface area contributed by atoms with Crippen molar-refractivity contribution in [2.75, 3.05) is 47.3 Å². The third kappa shape index (κ3) is 3.42. The number of amides is 1. The van der Waals surface area contributed by atoms with Crippen LogP contribution in [0, 0.1) is 0 Å². The van der Waals surface area contributed by atoms with Crippen molar-refractivity contribution in [3.05, 3.63) is 29.8 Å². The average molecular weight is 311 g/mol. The average Bonchev–Trinajstić information content (AvgIpc) is 2.47. The molecule has 1 saturated heterocycles. The number of carbonyl (C=O) groups is 1. The van der Waals surface area contributed by atoms with E-state index in [1.165, 1.54) is 26.2 Å². The number of carbonyl (C=O) groups excluding carboxylic acids is 1. The normalized spacial score (nSPS) is 17.2. The fourth-order valence-electron chi connectivity index (χ4n) is 2.19. The Morgan fingerprint density at radius 3 is 2.33 bits per heavy atom. The molecule has 1 aromatic carbocycles. The van der Waals surface area contributed by atoms with Gasteiger partial charge in [-0.1, -0.05) is 6.07 Å². The van der Waals surface area contributed by atoms with E-state index in [1.54, 1.807) is 17.0 Å². The zero-order chi connectivity index (χ0) is 15.6. The molecule has 0 unspecified atom stereocenters. The van der Waals surface area contributed by atoms with Crippen LogP contribution in [0.3, 0.4) is 0 Å². The lowest BCUT2D eigenvalue weighted by Gasteiger charge is -2.32. The van der Waals surface area contributed by atoms with Gasteiger partial charge in [-0.05, 0) is 25.2 Å². The Labute approximate surface area is 126 Å². The van der Waals surface area contributed by atoms with Crippen LogP contribution in [0.25, 0.3) is 0 Å². The summed E-state index contributed by atoms with van der Waals surface area (Å²) in [6, 6.07) is 6.24. The third-order valence-electron chi connectivity index (χ3n) is 3.65. The molecule has 0 saturated carbocycles. The van der Waals surface area contributed by atoms with Crippen LogP contribution in [0.15, 0.2) is 29.2 Å². The van der Waals surface area contributed by atoms with E-state index in [2.05, 4.69) is 4.90 Å². The minimum absolute atomic E-state index is 0.112. The van der Waals surface area contributed by atoms with Crippen molar-refractivity contribution in [3.63, 3.8) is 0 Å². The first-order valence-corrected chi connectivity index (χ1v) is 8.27. The van der Waals surface area contributed by atoms with Gasteiger partial charge in [0.1, 0.15) is 0 Å². The fraction of sp³-hybridized carbons (Fsp3) is 0.500. The second-order valence-electron chi connectivity index (χ2n) is 5.41. The molecule has 0 atom stereocenters. The predicted octanol–water partition coefficient (Wildman–Crippen LogP) is 0.325. The summed E-state index contributed by atoms with van der Waals surface area (Å²) in [6.45, 7) is 3.00. The molecule has 0 spiro atoms. The number of sulfonamides is 1. The minimum atomic E-state index is -3.52. The highest BCUT2D eigenvalue weighted by Crippen LogP contribution is 2.16. The molecule has 6 nitrogen and oxygen atoms in total. The molecule has 21 heavy (non-hydrogen) atoms. The molecule has 1 fully saturated rings. The summed E-state index contributed by atoms with van der Waals surface area (Å²) in [7, 11) is 1.45. The van der Waals surface area contributed by atoms with Crippen LogP contribution in [0.5, 0.6) is 0 Å². The van der Waals surface area contributed by atoms with E-state index in [1.807, 2.05) is 7.05 Å². The van der Waals surface area contributed by atoms with Crippen LogP contribution in [0.1, 0.15) is 10.4 Å². The van der Waals surface area contributed by atoms with Gasteiger partial charge in [0.2, 0.25) is 10.0 Å². The van der Waals surface area contributed by atoms with Crippen LogP contribution < -0.4 is 0 Å². The summed E-state index contributed by atoms with van der Waals surface area (Å²) >= 11 is 0. The summed E-state index contributed by atoms with van der Waals surface area (Å²) in [5.41, 5.74) is 0.419. The highest BCUT2D eigenvalue weighted by atomic mass is 32.2. The second-order valence-corrected chi connectivity index (χ2v) is 7.56. The van der Waals surface area contributed by atoms with Crippen LogP contribution in [0.4, 0.5) is 0 Å². The summed E-state index contributed by atoms with van der Waals surface area (Å²) in [6.07, 6.45) is 0. The van der Waals surface area contributed by atoms with Crippen molar-refractivity contribution in [1.82, 2.24) is 14.1 Å². The molecule has 0 aromatic heterocycles. The molecular formula is C14H21N3O3S. The molecule has 7 heteroatoms. The molecular weight excluding hydrogens is 290 g/mol. The molecule has 116 valence electrons. The summed E-state index contributed by atoms with van der Waals surface area (Å²) in [4.78, 5) is 16.5. The Morgan fingerprint density at radius 1 is 1.14 bits per heavy atom. The molecule has 0 aliphatic carbocycles. The van der Waals surface area contributed by atoms with Crippen molar-refractivity contribution < 1.29 is 13.2 Å². The maximum atomic E-state index is 12.5. The standard InChI is InChI=1S/C14H21N3O3S/c1-15(2)21(19,20)13-6-4-5-12(11-13)14(18)17-9-7-16(3)8-10-17/h4-6,11H,7-10H2,1-3H3. The summed E-state index contributed by atoms with van der Waals surface area (Å²) in [5.74, 6) is -0.112. The maximum absolute atomic E-state index is 12.5. The van der Waals surface area contributed by atoms with E-state index in [-0.39, 0.29) is 10.8 Å². The van der Waals surface area contributed by atoms with Crippen molar-refractivity contribution in [2.45, 2.75) is 4.90 Å². The van der Waals surface area contributed by atoms with Gasteiger partial charge < -0.3 is 9.80 Å². The van der Waals surface area contributed by atoms with Crippen LogP contribution in [-0.4, -0.2) is 75.8 Å². The maximum Gasteiger partial charge on any atom is 0.253 e. The predicted molar refractivity (Wildman–Crippen MR) is 80.7 cm³/mol. The quantitative estimate of drug-likeness (QED) is 0.807. The monoisotopic (exact) mass is 311 g/mol. The third-order valence-corrected chi connectivity index (χ3v) is 5.46. The SMILES string of the molecule is CN1CCN(C(=O)c2cccc(S(=O)(=O)N(C)C)c2)CC1. The van der Waals surface area contributed by atoms with Crippen molar-refractivity contribution in [1.29, 1.82) is 0 Å². The topological polar surface area (TPSA) is 60.9 Å². The Balaban J connectivity index is 2.23. The van der Waals surface area contributed by atoms with Crippen LogP contribution in [-0.2, 0) is 10.0 Å². The lowest BCUT2D eigenvalue weighted by atomic mass is 10.2. The van der Waals surface area contributed by atoms with Crippen molar-refractivity contribution >= 4 is 15.9 Å². The largest absolute Gasteiger partial charge is 0.336 e. The van der Waals surface area contributed by atoms with E-state index in [0.717, 1.165) is 17.4 Å². The molecule has 1 amide bonds. The van der Waals surface area contributed by atoms with Crippen LogP contribution >= 0.6 is 0 Å². The fourth-order valence-corrected chi connectivity index (χ4v) is 3.14. The molecule has 1 heterocycles. The Hall–Kier alpha value is -1.44. The summed E-state index contributed by atoms with van der Waals surface area (Å²) < 4.78 is 25.4. The van der Waals surface area contributed by atoms with Crippen molar-refractivity contribution in [2.24, 2.45) is 0 Å². The molecule has 2 rings (SSSR count). The number of likely N-dealkylation sites (N-methyl/N-ethyl adjacent to an activating group) is 1. The van der Waals surface area contributed by atoms with E-state index in [0.29, 0.717) is 18.7 Å². The first kappa shape index (κ1) is 15.9. The zero-order valence-electron chi connectivity index (χ0n) is 12.6. The number of hydrogen-bond acceptors (Lipinski definition) is 4. The minimum Gasteiger partial charge on any atom is -0.336 e. The van der Waals surface area contributed by atoms with Gasteiger partial charge in [0.25, 0.3) is 5.91 Å². The van der Waals surface area contributed by atoms with E-state index in [4.69, 9.17) is 0 Å². The second kappa shape index (κ2) is 6.13. The highest BCUT2D eigenvalue weighted by molar-refractivity contribution is 7.89. The molecule has 1 aliphatic rings. The lowest BCUT2D eigenvalue weighted by molar-refractivity contribution is 0.0664. The lowest BCUT2D eigenvalue weighted by Crippen LogP contribution is -2.47. The first-order chi connectivity index (χ1) is 9.82. The Morgan fingerprint density at radius 2 is 1.76 bits per heavy atom. The number of benzene rings is 1. The van der Waals surface area contributed by atoms with Gasteiger partial charge >= 0.3 is 0 Å². The zero-order valence-corrected chi connectivity index (χ0v) is 13.4. The molecule has 0 radical (unpaired) electrons.